The molecular weight excluding hydrogens is 232 g/mol. The summed E-state index contributed by atoms with van der Waals surface area (Å²) in [5, 5.41) is 15.6. The molecule has 0 saturated carbocycles. The number of Topliss-reactive ketones (excluding diaryl/α,β-unsaturated/α-hetero) is 2. The Morgan fingerprint density at radius 2 is 0.824 bits per heavy atom. The van der Waals surface area contributed by atoms with Gasteiger partial charge < -0.3 is 25.3 Å². The molecule has 0 radical (unpaired) electrons. The number of hydrogen-bond donors (Lipinski definition) is 2. The maximum atomic E-state index is 9.55. The zero-order chi connectivity index (χ0) is 13.7. The van der Waals surface area contributed by atoms with Gasteiger partial charge in [-0.1, -0.05) is 0 Å². The monoisotopic (exact) mass is 250 g/mol. The van der Waals surface area contributed by atoms with Gasteiger partial charge in [-0.2, -0.15) is 0 Å². The molecular formula is C10H18O7. The van der Waals surface area contributed by atoms with E-state index in [0.717, 1.165) is 0 Å². The maximum absolute atomic E-state index is 9.55. The third-order valence-corrected chi connectivity index (χ3v) is 0.368. The molecule has 0 aromatic carbocycles. The fourth-order valence-electron chi connectivity index (χ4n) is 0.143. The van der Waals surface area contributed by atoms with E-state index in [2.05, 4.69) is 0 Å². The quantitative estimate of drug-likeness (QED) is 0.665. The zero-order valence-electron chi connectivity index (χ0n) is 10.2. The summed E-state index contributed by atoms with van der Waals surface area (Å²) in [6.07, 6.45) is 1.12. The third kappa shape index (κ3) is 226. The zero-order valence-corrected chi connectivity index (χ0v) is 10.2. The number of aliphatic carboxylic acids is 2. The van der Waals surface area contributed by atoms with E-state index in [1.54, 1.807) is 0 Å². The molecule has 0 aliphatic rings. The van der Waals surface area contributed by atoms with Crippen LogP contribution < -0.4 is 0 Å². The minimum atomic E-state index is -1.26. The van der Waals surface area contributed by atoms with Crippen molar-refractivity contribution in [2.24, 2.45) is 0 Å². The van der Waals surface area contributed by atoms with Crippen LogP contribution in [-0.4, -0.2) is 39.2 Å². The predicted molar refractivity (Wildman–Crippen MR) is 60.7 cm³/mol. The summed E-state index contributed by atoms with van der Waals surface area (Å²) in [5.41, 5.74) is 0. The minimum absolute atomic E-state index is 0. The Morgan fingerprint density at radius 1 is 0.706 bits per heavy atom. The fourth-order valence-corrected chi connectivity index (χ4v) is 0.143. The summed E-state index contributed by atoms with van der Waals surface area (Å²) in [5.74, 6) is -2.18. The molecule has 0 unspecified atom stereocenters. The van der Waals surface area contributed by atoms with Gasteiger partial charge in [-0.05, 0) is 27.7 Å². The van der Waals surface area contributed by atoms with Crippen molar-refractivity contribution in [3.05, 3.63) is 12.2 Å². The first kappa shape index (κ1) is 24.3. The van der Waals surface area contributed by atoms with Gasteiger partial charge >= 0.3 is 11.9 Å². The molecule has 4 N–H and O–H groups in total. The van der Waals surface area contributed by atoms with Crippen LogP contribution in [0, 0.1) is 0 Å². The minimum Gasteiger partial charge on any atom is -0.478 e. The number of hydrogen-bond acceptors (Lipinski definition) is 4. The molecule has 100 valence electrons. The second-order valence-corrected chi connectivity index (χ2v) is 2.83. The van der Waals surface area contributed by atoms with E-state index < -0.39 is 11.9 Å². The molecule has 7 heteroatoms. The number of ketones is 2. The van der Waals surface area contributed by atoms with Gasteiger partial charge in [-0.25, -0.2) is 9.59 Å². The van der Waals surface area contributed by atoms with Gasteiger partial charge in [-0.15, -0.1) is 0 Å². The van der Waals surface area contributed by atoms with Crippen LogP contribution >= 0.6 is 0 Å². The highest BCUT2D eigenvalue weighted by atomic mass is 16.4. The van der Waals surface area contributed by atoms with Gasteiger partial charge in [-0.3, -0.25) is 0 Å². The van der Waals surface area contributed by atoms with E-state index in [1.807, 2.05) is 0 Å². The van der Waals surface area contributed by atoms with Crippen molar-refractivity contribution in [1.29, 1.82) is 0 Å². The van der Waals surface area contributed by atoms with Gasteiger partial charge in [0.05, 0.1) is 0 Å². The van der Waals surface area contributed by atoms with Crippen LogP contribution in [0.3, 0.4) is 0 Å². The van der Waals surface area contributed by atoms with Crippen LogP contribution in [0.5, 0.6) is 0 Å². The molecule has 0 atom stereocenters. The van der Waals surface area contributed by atoms with Crippen molar-refractivity contribution >= 4 is 23.5 Å². The average Bonchev–Trinajstić information content (AvgIpc) is 1.98. The standard InChI is InChI=1S/C4H4O4.2C3H6O.H2O/c5-3(6)1-2-4(7)8;2*1-3(2)4;/h1-2H,(H,5,6)(H,7,8);2*1-2H3;1H2/b2-1-;;;. The Kier molecular flexibility index (Phi) is 23.4. The first-order chi connectivity index (χ1) is 7.09. The molecule has 0 aliphatic heterocycles. The molecule has 7 nitrogen and oxygen atoms in total. The largest absolute Gasteiger partial charge is 0.478 e. The normalized spacial score (nSPS) is 7.53. The lowest BCUT2D eigenvalue weighted by Gasteiger charge is -1.74. The van der Waals surface area contributed by atoms with E-state index in [1.165, 1.54) is 27.7 Å². The lowest BCUT2D eigenvalue weighted by molar-refractivity contribution is -0.134. The lowest BCUT2D eigenvalue weighted by atomic mass is 10.5. The smallest absolute Gasteiger partial charge is 0.328 e. The SMILES string of the molecule is CC(C)=O.CC(C)=O.O.O=C(O)/C=C\C(=O)O. The van der Waals surface area contributed by atoms with Gasteiger partial charge in [0.1, 0.15) is 11.6 Å². The summed E-state index contributed by atoms with van der Waals surface area (Å²) in [6.45, 7) is 6.11. The molecule has 0 aromatic heterocycles. The highest BCUT2D eigenvalue weighted by Crippen LogP contribution is 1.70. The Balaban J connectivity index is -0.0000000806. The Hall–Kier alpha value is -2.02. The van der Waals surface area contributed by atoms with E-state index in [-0.39, 0.29) is 17.0 Å². The van der Waals surface area contributed by atoms with Crippen LogP contribution in [0.1, 0.15) is 27.7 Å². The summed E-state index contributed by atoms with van der Waals surface area (Å²) in [7, 11) is 0. The highest BCUT2D eigenvalue weighted by Gasteiger charge is 1.88. The molecule has 0 rings (SSSR count). The summed E-state index contributed by atoms with van der Waals surface area (Å²) in [4.78, 5) is 38.0. The number of carboxylic acids is 2. The molecule has 0 aromatic rings. The van der Waals surface area contributed by atoms with Crippen molar-refractivity contribution in [2.75, 3.05) is 0 Å². The third-order valence-electron chi connectivity index (χ3n) is 0.368. The maximum Gasteiger partial charge on any atom is 0.328 e. The van der Waals surface area contributed by atoms with E-state index in [4.69, 9.17) is 10.2 Å². The number of carboxylic acid groups (broad SMARTS) is 2. The molecule has 17 heavy (non-hydrogen) atoms. The van der Waals surface area contributed by atoms with Gasteiger partial charge in [0.15, 0.2) is 0 Å². The van der Waals surface area contributed by atoms with Gasteiger partial charge in [0.2, 0.25) is 0 Å². The average molecular weight is 250 g/mol. The van der Waals surface area contributed by atoms with Gasteiger partial charge in [0, 0.05) is 12.2 Å². The van der Waals surface area contributed by atoms with Crippen molar-refractivity contribution in [3.63, 3.8) is 0 Å². The predicted octanol–water partition coefficient (Wildman–Crippen LogP) is 0.0777. The van der Waals surface area contributed by atoms with Gasteiger partial charge in [0.25, 0.3) is 0 Å². The molecule has 0 saturated heterocycles. The molecule has 0 bridgehead atoms. The van der Waals surface area contributed by atoms with Crippen molar-refractivity contribution in [1.82, 2.24) is 0 Å². The molecule has 0 spiro atoms. The Morgan fingerprint density at radius 3 is 0.882 bits per heavy atom. The highest BCUT2D eigenvalue weighted by molar-refractivity contribution is 5.89. The topological polar surface area (TPSA) is 140 Å². The Bertz CT molecular complexity index is 242. The van der Waals surface area contributed by atoms with Crippen LogP contribution in [-0.2, 0) is 19.2 Å². The first-order valence-corrected chi connectivity index (χ1v) is 4.17. The summed E-state index contributed by atoms with van der Waals surface area (Å²) >= 11 is 0. The molecule has 0 aliphatic carbocycles. The van der Waals surface area contributed by atoms with Crippen molar-refractivity contribution < 1.29 is 34.9 Å². The van der Waals surface area contributed by atoms with Crippen LogP contribution in [0.25, 0.3) is 0 Å². The Labute approximate surface area is 99.1 Å². The van der Waals surface area contributed by atoms with Crippen molar-refractivity contribution in [2.45, 2.75) is 27.7 Å². The van der Waals surface area contributed by atoms with Crippen LogP contribution in [0.15, 0.2) is 12.2 Å². The second kappa shape index (κ2) is 16.4. The summed E-state index contributed by atoms with van der Waals surface area (Å²) in [6, 6.07) is 0. The fraction of sp³-hybridized carbons (Fsp3) is 0.400. The molecule has 0 heterocycles. The van der Waals surface area contributed by atoms with Crippen molar-refractivity contribution in [3.8, 4) is 0 Å². The summed E-state index contributed by atoms with van der Waals surface area (Å²) < 4.78 is 0. The molecule has 0 amide bonds. The lowest BCUT2D eigenvalue weighted by Crippen LogP contribution is -1.91. The molecule has 0 fully saturated rings. The van der Waals surface area contributed by atoms with Crippen LogP contribution in [0.2, 0.25) is 0 Å². The number of rotatable bonds is 2. The van der Waals surface area contributed by atoms with Crippen LogP contribution in [0.4, 0.5) is 0 Å². The second-order valence-electron chi connectivity index (χ2n) is 2.83. The number of carbonyl (C=O) groups excluding carboxylic acids is 2. The van der Waals surface area contributed by atoms with E-state index in [9.17, 15) is 19.2 Å². The van der Waals surface area contributed by atoms with E-state index >= 15 is 0 Å². The van der Waals surface area contributed by atoms with E-state index in [0.29, 0.717) is 12.2 Å². The first-order valence-electron chi connectivity index (χ1n) is 4.17. The number of carbonyl (C=O) groups is 4.